The minimum atomic E-state index is 0.593. The molecule has 2 saturated heterocycles. The second-order valence-corrected chi connectivity index (χ2v) is 11.6. The molecule has 0 amide bonds. The van der Waals surface area contributed by atoms with Crippen molar-refractivity contribution in [1.82, 2.24) is 39.7 Å². The van der Waals surface area contributed by atoms with Crippen LogP contribution in [0, 0.1) is 6.92 Å². The Hall–Kier alpha value is -4.21. The highest BCUT2D eigenvalue weighted by Crippen LogP contribution is 2.31. The quantitative estimate of drug-likeness (QED) is 0.301. The van der Waals surface area contributed by atoms with Crippen LogP contribution in [-0.2, 0) is 6.54 Å². The lowest BCUT2D eigenvalue weighted by Crippen LogP contribution is -2.52. The topological polar surface area (TPSA) is 79.1 Å². The van der Waals surface area contributed by atoms with E-state index in [1.165, 1.54) is 39.0 Å². The lowest BCUT2D eigenvalue weighted by Gasteiger charge is -2.42. The zero-order chi connectivity index (χ0) is 28.5. The molecule has 0 atom stereocenters. The van der Waals surface area contributed by atoms with Gasteiger partial charge in [0.1, 0.15) is 11.4 Å². The molecule has 2 aliphatic heterocycles. The van der Waals surface area contributed by atoms with E-state index in [2.05, 4.69) is 50.3 Å². The number of pyridine rings is 3. The Labute approximate surface area is 246 Å². The Kier molecular flexibility index (Phi) is 7.36. The van der Waals surface area contributed by atoms with Gasteiger partial charge in [0, 0.05) is 51.0 Å². The van der Waals surface area contributed by atoms with Crippen molar-refractivity contribution in [2.75, 3.05) is 51.2 Å². The average Bonchev–Trinajstić information content (AvgIpc) is 3.45. The maximum atomic E-state index is 5.15. The number of benzene rings is 1. The molecule has 7 rings (SSSR count). The van der Waals surface area contributed by atoms with Crippen LogP contribution in [0.1, 0.15) is 24.1 Å². The Morgan fingerprint density at radius 2 is 1.60 bits per heavy atom. The van der Waals surface area contributed by atoms with Crippen molar-refractivity contribution < 1.29 is 0 Å². The number of likely N-dealkylation sites (N-methyl/N-ethyl adjacent to an activating group) is 1. The maximum absolute atomic E-state index is 5.15. The zero-order valence-corrected chi connectivity index (χ0v) is 24.4. The van der Waals surface area contributed by atoms with Crippen LogP contribution < -0.4 is 4.90 Å². The Morgan fingerprint density at radius 1 is 0.786 bits per heavy atom. The van der Waals surface area contributed by atoms with E-state index in [1.807, 2.05) is 66.3 Å². The largest absolute Gasteiger partial charge is 0.370 e. The zero-order valence-electron chi connectivity index (χ0n) is 24.4. The van der Waals surface area contributed by atoms with Gasteiger partial charge in [-0.2, -0.15) is 0 Å². The van der Waals surface area contributed by atoms with Gasteiger partial charge in [-0.3, -0.25) is 14.9 Å². The summed E-state index contributed by atoms with van der Waals surface area (Å²) >= 11 is 0. The number of rotatable bonds is 6. The van der Waals surface area contributed by atoms with Crippen LogP contribution in [0.15, 0.2) is 72.9 Å². The molecule has 2 aliphatic rings. The second-order valence-electron chi connectivity index (χ2n) is 11.6. The van der Waals surface area contributed by atoms with Gasteiger partial charge >= 0.3 is 0 Å². The first kappa shape index (κ1) is 26.7. The lowest BCUT2D eigenvalue weighted by molar-refractivity contribution is 0.0982. The van der Waals surface area contributed by atoms with E-state index in [0.29, 0.717) is 12.6 Å². The number of nitrogens with zero attached hydrogens (tertiary/aromatic N) is 9. The van der Waals surface area contributed by atoms with Gasteiger partial charge < -0.3 is 9.80 Å². The molecule has 0 saturated carbocycles. The molecule has 1 aromatic carbocycles. The first-order chi connectivity index (χ1) is 20.6. The molecule has 2 fully saturated rings. The number of fused-ring (bicyclic) bond motifs is 1. The molecule has 42 heavy (non-hydrogen) atoms. The molecular weight excluding hydrogens is 522 g/mol. The van der Waals surface area contributed by atoms with Gasteiger partial charge in [-0.05, 0) is 62.7 Å². The van der Waals surface area contributed by atoms with Crippen molar-refractivity contribution in [3.63, 3.8) is 0 Å². The second kappa shape index (κ2) is 11.6. The van der Waals surface area contributed by atoms with Crippen LogP contribution in [0.5, 0.6) is 0 Å². The van der Waals surface area contributed by atoms with Gasteiger partial charge in [-0.25, -0.2) is 9.67 Å². The van der Waals surface area contributed by atoms with E-state index in [4.69, 9.17) is 15.0 Å². The Morgan fingerprint density at radius 3 is 2.38 bits per heavy atom. The predicted molar refractivity (Wildman–Crippen MR) is 166 cm³/mol. The third kappa shape index (κ3) is 5.49. The Bertz CT molecular complexity index is 1670. The fourth-order valence-corrected chi connectivity index (χ4v) is 6.26. The van der Waals surface area contributed by atoms with E-state index in [-0.39, 0.29) is 0 Å². The van der Waals surface area contributed by atoms with Crippen LogP contribution in [-0.4, -0.2) is 92.1 Å². The van der Waals surface area contributed by atoms with E-state index >= 15 is 0 Å². The summed E-state index contributed by atoms with van der Waals surface area (Å²) in [6.45, 7) is 9.38. The molecule has 4 aromatic heterocycles. The summed E-state index contributed by atoms with van der Waals surface area (Å²) in [4.78, 5) is 22.3. The highest BCUT2D eigenvalue weighted by Gasteiger charge is 2.27. The maximum Gasteiger partial charge on any atom is 0.141 e. The van der Waals surface area contributed by atoms with Crippen LogP contribution in [0.2, 0.25) is 0 Å². The number of piperazine rings is 1. The third-order valence-electron chi connectivity index (χ3n) is 8.69. The standard InChI is InChI=1S/C33H37N9/c1-24-7-6-10-29(35-24)32-33(42(38-37-32)23-25-8-4-3-5-9-25)30-12-11-28-31(36-30)21-27(22-34-28)40-15-13-26(14-16-40)41-19-17-39(2)18-20-41/h3-12,21-22,26H,13-20,23H2,1-2H3. The summed E-state index contributed by atoms with van der Waals surface area (Å²) < 4.78 is 1.93. The number of aryl methyl sites for hydroxylation is 1. The first-order valence-electron chi connectivity index (χ1n) is 15.0. The fraction of sp³-hybridized carbons (Fsp3) is 0.364. The van der Waals surface area contributed by atoms with Crippen molar-refractivity contribution >= 4 is 16.7 Å². The number of aromatic nitrogens is 6. The molecule has 9 heteroatoms. The summed E-state index contributed by atoms with van der Waals surface area (Å²) in [6.07, 6.45) is 4.38. The molecule has 0 N–H and O–H groups in total. The van der Waals surface area contributed by atoms with E-state index in [9.17, 15) is 0 Å². The lowest BCUT2D eigenvalue weighted by atomic mass is 10.0. The predicted octanol–water partition coefficient (Wildman–Crippen LogP) is 4.52. The minimum Gasteiger partial charge on any atom is -0.370 e. The summed E-state index contributed by atoms with van der Waals surface area (Å²) in [5.74, 6) is 0. The monoisotopic (exact) mass is 559 g/mol. The summed E-state index contributed by atoms with van der Waals surface area (Å²) in [7, 11) is 2.22. The smallest absolute Gasteiger partial charge is 0.141 e. The number of hydrogen-bond donors (Lipinski definition) is 0. The van der Waals surface area contributed by atoms with Gasteiger partial charge in [-0.1, -0.05) is 41.6 Å². The van der Waals surface area contributed by atoms with Gasteiger partial charge in [0.2, 0.25) is 0 Å². The van der Waals surface area contributed by atoms with Crippen molar-refractivity contribution in [1.29, 1.82) is 0 Å². The molecule has 9 nitrogen and oxygen atoms in total. The Balaban J connectivity index is 1.19. The summed E-state index contributed by atoms with van der Waals surface area (Å²) in [6, 6.07) is 23.3. The number of piperidine rings is 1. The van der Waals surface area contributed by atoms with Crippen LogP contribution in [0.4, 0.5) is 5.69 Å². The SMILES string of the molecule is Cc1cccc(-c2nnn(Cc3ccccc3)c2-c2ccc3ncc(N4CCC(N5CCN(C)CC5)CC4)cc3n2)n1. The van der Waals surface area contributed by atoms with Gasteiger partial charge in [0.05, 0.1) is 40.9 Å². The van der Waals surface area contributed by atoms with Gasteiger partial charge in [0.15, 0.2) is 0 Å². The molecule has 0 bridgehead atoms. The highest BCUT2D eigenvalue weighted by atomic mass is 15.4. The summed E-state index contributed by atoms with van der Waals surface area (Å²) in [5.41, 5.74) is 8.18. The third-order valence-corrected chi connectivity index (χ3v) is 8.69. The molecule has 214 valence electrons. The van der Waals surface area contributed by atoms with E-state index in [0.717, 1.165) is 63.8 Å². The van der Waals surface area contributed by atoms with Crippen LogP contribution >= 0.6 is 0 Å². The molecule has 6 heterocycles. The van der Waals surface area contributed by atoms with E-state index < -0.39 is 0 Å². The molecule has 0 unspecified atom stereocenters. The van der Waals surface area contributed by atoms with Crippen molar-refractivity contribution in [3.05, 3.63) is 84.2 Å². The van der Waals surface area contributed by atoms with Crippen molar-refractivity contribution in [3.8, 4) is 22.8 Å². The normalized spacial score (nSPS) is 17.2. The molecule has 5 aromatic rings. The van der Waals surface area contributed by atoms with Gasteiger partial charge in [-0.15, -0.1) is 5.10 Å². The van der Waals surface area contributed by atoms with Crippen LogP contribution in [0.3, 0.4) is 0 Å². The van der Waals surface area contributed by atoms with Crippen LogP contribution in [0.25, 0.3) is 33.8 Å². The van der Waals surface area contributed by atoms with Crippen molar-refractivity contribution in [2.24, 2.45) is 0 Å². The fourth-order valence-electron chi connectivity index (χ4n) is 6.26. The minimum absolute atomic E-state index is 0.593. The number of anilines is 1. The van der Waals surface area contributed by atoms with E-state index in [1.54, 1.807) is 0 Å². The van der Waals surface area contributed by atoms with Crippen molar-refractivity contribution in [2.45, 2.75) is 32.4 Å². The number of hydrogen-bond acceptors (Lipinski definition) is 8. The molecule has 0 radical (unpaired) electrons. The first-order valence-corrected chi connectivity index (χ1v) is 15.0. The van der Waals surface area contributed by atoms with Gasteiger partial charge in [0.25, 0.3) is 0 Å². The summed E-state index contributed by atoms with van der Waals surface area (Å²) in [5, 5.41) is 9.17. The highest BCUT2D eigenvalue weighted by molar-refractivity contribution is 5.83. The average molecular weight is 560 g/mol. The molecule has 0 aliphatic carbocycles. The molecule has 0 spiro atoms. The molecular formula is C33H37N9.